The Hall–Kier alpha value is -2.63. The number of anilines is 1. The summed E-state index contributed by atoms with van der Waals surface area (Å²) >= 11 is 6.11. The van der Waals surface area contributed by atoms with Crippen LogP contribution >= 0.6 is 11.6 Å². The Kier molecular flexibility index (Phi) is 5.23. The first-order valence-corrected chi connectivity index (χ1v) is 9.37. The molecule has 0 aliphatic carbocycles. The summed E-state index contributed by atoms with van der Waals surface area (Å²) in [5.74, 6) is 0.327. The summed E-state index contributed by atoms with van der Waals surface area (Å²) in [6, 6.07) is 13.7. The van der Waals surface area contributed by atoms with E-state index in [0.717, 1.165) is 60.1 Å². The van der Waals surface area contributed by atoms with Crippen LogP contribution in [0.2, 0.25) is 5.02 Å². The van der Waals surface area contributed by atoms with Crippen LogP contribution in [-0.4, -0.2) is 46.2 Å². The van der Waals surface area contributed by atoms with Gasteiger partial charge in [-0.15, -0.1) is 0 Å². The number of phenols is 1. The molecule has 1 aromatic heterocycles. The number of piperazine rings is 1. The van der Waals surface area contributed by atoms with Crippen molar-refractivity contribution in [2.75, 3.05) is 31.1 Å². The summed E-state index contributed by atoms with van der Waals surface area (Å²) in [6.45, 7) is 4.46. The van der Waals surface area contributed by atoms with Gasteiger partial charge in [-0.05, 0) is 35.9 Å². The molecule has 138 valence electrons. The molecule has 3 aromatic rings. The Morgan fingerprint density at radius 1 is 0.926 bits per heavy atom. The minimum absolute atomic E-state index is 0.327. The number of nitrogens with zero attached hydrogens (tertiary/aromatic N) is 4. The summed E-state index contributed by atoms with van der Waals surface area (Å²) in [4.78, 5) is 12.9. The number of aromatic nitrogens is 2. The van der Waals surface area contributed by atoms with Crippen LogP contribution in [0, 0.1) is 0 Å². The quantitative estimate of drug-likeness (QED) is 0.745. The second-order valence-corrected chi connectivity index (χ2v) is 7.15. The Morgan fingerprint density at radius 3 is 2.44 bits per heavy atom. The van der Waals surface area contributed by atoms with Gasteiger partial charge in [0.15, 0.2) is 0 Å². The molecule has 2 heterocycles. The molecule has 0 atom stereocenters. The van der Waals surface area contributed by atoms with E-state index < -0.39 is 0 Å². The van der Waals surface area contributed by atoms with Crippen molar-refractivity contribution in [1.82, 2.24) is 14.9 Å². The van der Waals surface area contributed by atoms with Crippen molar-refractivity contribution < 1.29 is 5.11 Å². The molecule has 0 spiro atoms. The average Bonchev–Trinajstić information content (AvgIpc) is 2.71. The molecule has 0 bridgehead atoms. The molecule has 1 saturated heterocycles. The van der Waals surface area contributed by atoms with Gasteiger partial charge in [0.1, 0.15) is 12.1 Å². The first-order valence-electron chi connectivity index (χ1n) is 8.99. The molecule has 1 aliphatic heterocycles. The van der Waals surface area contributed by atoms with E-state index in [0.29, 0.717) is 5.75 Å². The van der Waals surface area contributed by atoms with Crippen LogP contribution in [0.25, 0.3) is 11.1 Å². The van der Waals surface area contributed by atoms with Gasteiger partial charge in [-0.3, -0.25) is 4.90 Å². The Balaban J connectivity index is 1.43. The molecule has 4 rings (SSSR count). The highest BCUT2D eigenvalue weighted by molar-refractivity contribution is 6.30. The lowest BCUT2D eigenvalue weighted by atomic mass is 10.0. The number of hydrogen-bond acceptors (Lipinski definition) is 5. The minimum Gasteiger partial charge on any atom is -0.508 e. The van der Waals surface area contributed by atoms with E-state index in [1.54, 1.807) is 18.5 Å². The predicted molar refractivity (Wildman–Crippen MR) is 108 cm³/mol. The summed E-state index contributed by atoms with van der Waals surface area (Å²) in [7, 11) is 0. The smallest absolute Gasteiger partial charge is 0.120 e. The standard InChI is InChI=1S/C21H21ClN4O/c22-19-2-1-3-20(11-19)26-8-6-25(7-9-26)14-17-10-16(4-5-21(17)27)18-12-23-15-24-13-18/h1-5,10-13,15,27H,6-9,14H2. The van der Waals surface area contributed by atoms with Crippen molar-refractivity contribution in [2.24, 2.45) is 0 Å². The maximum Gasteiger partial charge on any atom is 0.120 e. The summed E-state index contributed by atoms with van der Waals surface area (Å²) in [5.41, 5.74) is 4.05. The van der Waals surface area contributed by atoms with Crippen LogP contribution in [0.3, 0.4) is 0 Å². The zero-order valence-electron chi connectivity index (χ0n) is 14.9. The summed E-state index contributed by atoms with van der Waals surface area (Å²) < 4.78 is 0. The van der Waals surface area contributed by atoms with Crippen LogP contribution in [0.4, 0.5) is 5.69 Å². The lowest BCUT2D eigenvalue weighted by Crippen LogP contribution is -2.45. The largest absolute Gasteiger partial charge is 0.508 e. The van der Waals surface area contributed by atoms with E-state index in [-0.39, 0.29) is 0 Å². The first-order chi connectivity index (χ1) is 13.2. The molecule has 0 radical (unpaired) electrons. The lowest BCUT2D eigenvalue weighted by Gasteiger charge is -2.36. The van der Waals surface area contributed by atoms with Gasteiger partial charge in [-0.1, -0.05) is 23.7 Å². The molecule has 0 saturated carbocycles. The SMILES string of the molecule is Oc1ccc(-c2cncnc2)cc1CN1CCN(c2cccc(Cl)c2)CC1. The zero-order chi connectivity index (χ0) is 18.6. The normalized spacial score (nSPS) is 15.1. The molecular formula is C21H21ClN4O. The van der Waals surface area contributed by atoms with Crippen molar-refractivity contribution >= 4 is 17.3 Å². The van der Waals surface area contributed by atoms with Crippen LogP contribution in [0.1, 0.15) is 5.56 Å². The van der Waals surface area contributed by atoms with Gasteiger partial charge in [-0.2, -0.15) is 0 Å². The number of halogens is 1. The van der Waals surface area contributed by atoms with Gasteiger partial charge in [0.05, 0.1) is 0 Å². The number of hydrogen-bond donors (Lipinski definition) is 1. The Bertz CT molecular complexity index is 911. The molecule has 5 nitrogen and oxygen atoms in total. The van der Waals surface area contributed by atoms with Crippen molar-refractivity contribution in [3.8, 4) is 16.9 Å². The molecule has 1 N–H and O–H groups in total. The third-order valence-corrected chi connectivity index (χ3v) is 5.15. The first kappa shape index (κ1) is 17.8. The fraction of sp³-hybridized carbons (Fsp3) is 0.238. The number of rotatable bonds is 4. The van der Waals surface area contributed by atoms with Gasteiger partial charge in [0.25, 0.3) is 0 Å². The molecule has 1 fully saturated rings. The summed E-state index contributed by atoms with van der Waals surface area (Å²) in [6.07, 6.45) is 5.09. The monoisotopic (exact) mass is 380 g/mol. The van der Waals surface area contributed by atoms with Gasteiger partial charge in [0.2, 0.25) is 0 Å². The molecule has 0 amide bonds. The summed E-state index contributed by atoms with van der Waals surface area (Å²) in [5, 5.41) is 11.1. The molecule has 6 heteroatoms. The van der Waals surface area contributed by atoms with Gasteiger partial charge in [-0.25, -0.2) is 9.97 Å². The number of benzene rings is 2. The third kappa shape index (κ3) is 4.21. The molecule has 27 heavy (non-hydrogen) atoms. The maximum atomic E-state index is 10.3. The van der Waals surface area contributed by atoms with Gasteiger partial charge in [0, 0.05) is 67.0 Å². The van der Waals surface area contributed by atoms with Crippen molar-refractivity contribution in [2.45, 2.75) is 6.54 Å². The molecular weight excluding hydrogens is 360 g/mol. The van der Waals surface area contributed by atoms with Crippen LogP contribution < -0.4 is 4.90 Å². The lowest BCUT2D eigenvalue weighted by molar-refractivity contribution is 0.247. The highest BCUT2D eigenvalue weighted by Gasteiger charge is 2.18. The van der Waals surface area contributed by atoms with Crippen molar-refractivity contribution in [3.05, 3.63) is 71.8 Å². The fourth-order valence-corrected chi connectivity index (χ4v) is 3.60. The van der Waals surface area contributed by atoms with Crippen LogP contribution in [-0.2, 0) is 6.54 Å². The van der Waals surface area contributed by atoms with Crippen molar-refractivity contribution in [3.63, 3.8) is 0 Å². The topological polar surface area (TPSA) is 52.5 Å². The van der Waals surface area contributed by atoms with E-state index in [9.17, 15) is 5.11 Å². The van der Waals surface area contributed by atoms with E-state index >= 15 is 0 Å². The second-order valence-electron chi connectivity index (χ2n) is 6.71. The molecule has 2 aromatic carbocycles. The average molecular weight is 381 g/mol. The Morgan fingerprint density at radius 2 is 1.70 bits per heavy atom. The Labute approximate surface area is 163 Å². The number of aromatic hydroxyl groups is 1. The van der Waals surface area contributed by atoms with Gasteiger partial charge >= 0.3 is 0 Å². The highest BCUT2D eigenvalue weighted by atomic mass is 35.5. The molecule has 0 unspecified atom stereocenters. The van der Waals surface area contributed by atoms with E-state index in [1.807, 2.05) is 30.3 Å². The molecule has 1 aliphatic rings. The van der Waals surface area contributed by atoms with Gasteiger partial charge < -0.3 is 10.0 Å². The predicted octanol–water partition coefficient (Wildman–Crippen LogP) is 3.82. The van der Waals surface area contributed by atoms with Crippen molar-refractivity contribution in [1.29, 1.82) is 0 Å². The fourth-order valence-electron chi connectivity index (χ4n) is 3.42. The van der Waals surface area contributed by atoms with E-state index in [2.05, 4.69) is 25.8 Å². The minimum atomic E-state index is 0.327. The maximum absolute atomic E-state index is 10.3. The number of phenolic OH excluding ortho intramolecular Hbond substituents is 1. The second kappa shape index (κ2) is 7.94. The highest BCUT2D eigenvalue weighted by Crippen LogP contribution is 2.27. The third-order valence-electron chi connectivity index (χ3n) is 4.91. The zero-order valence-corrected chi connectivity index (χ0v) is 15.7. The van der Waals surface area contributed by atoms with E-state index in [4.69, 9.17) is 11.6 Å². The van der Waals surface area contributed by atoms with Crippen LogP contribution in [0.5, 0.6) is 5.75 Å². The van der Waals surface area contributed by atoms with Crippen LogP contribution in [0.15, 0.2) is 61.2 Å². The van der Waals surface area contributed by atoms with E-state index in [1.165, 1.54) is 6.33 Å².